The fourth-order valence-electron chi connectivity index (χ4n) is 2.65. The molecule has 0 aromatic heterocycles. The summed E-state index contributed by atoms with van der Waals surface area (Å²) in [6, 6.07) is 7.45. The third kappa shape index (κ3) is 2.90. The lowest BCUT2D eigenvalue weighted by atomic mass is 9.83. The minimum atomic E-state index is -3.67. The van der Waals surface area contributed by atoms with Gasteiger partial charge in [0.1, 0.15) is 0 Å². The second-order valence-corrected chi connectivity index (χ2v) is 7.90. The molecular weight excluding hydrogens is 388 g/mol. The molecule has 0 saturated carbocycles. The maximum absolute atomic E-state index is 13.0. The molecule has 0 radical (unpaired) electrons. The highest BCUT2D eigenvalue weighted by molar-refractivity contribution is 7.55. The molecule has 2 aromatic rings. The quantitative estimate of drug-likeness (QED) is 0.646. The predicted molar refractivity (Wildman–Crippen MR) is 95.0 cm³/mol. The Morgan fingerprint density at radius 3 is 2.00 bits per heavy atom. The Morgan fingerprint density at radius 1 is 0.880 bits per heavy atom. The van der Waals surface area contributed by atoms with Crippen LogP contribution >= 0.6 is 30.9 Å². The Kier molecular flexibility index (Phi) is 4.75. The predicted octanol–water partition coefficient (Wildman–Crippen LogP) is 4.58. The summed E-state index contributed by atoms with van der Waals surface area (Å²) in [5, 5.41) is 2.81. The first-order valence-corrected chi connectivity index (χ1v) is 9.33. The van der Waals surface area contributed by atoms with Crippen molar-refractivity contribution in [2.24, 2.45) is 0 Å². The van der Waals surface area contributed by atoms with E-state index in [-0.39, 0.29) is 38.0 Å². The normalized spacial score (nSPS) is 13.4. The van der Waals surface area contributed by atoms with Crippen molar-refractivity contribution in [2.45, 2.75) is 0 Å². The van der Waals surface area contributed by atoms with Gasteiger partial charge in [-0.3, -0.25) is 23.7 Å². The maximum Gasteiger partial charge on any atom is 0.432 e. The van der Waals surface area contributed by atoms with Gasteiger partial charge in [-0.1, -0.05) is 35.3 Å². The number of halogens is 2. The fourth-order valence-corrected chi connectivity index (χ4v) is 3.95. The lowest BCUT2D eigenvalue weighted by Gasteiger charge is -2.23. The van der Waals surface area contributed by atoms with E-state index in [2.05, 4.69) is 5.09 Å². The average Bonchev–Trinajstić information content (AvgIpc) is 2.61. The SMILES string of the molecule is COP(=O)(Nc1cccc2c1C(=O)c1c(Cl)ccc(Cl)c1C2=O)OC. The molecule has 3 rings (SSSR count). The molecule has 0 spiro atoms. The van der Waals surface area contributed by atoms with Crippen LogP contribution in [-0.4, -0.2) is 25.8 Å². The third-order valence-corrected chi connectivity index (χ3v) is 5.94. The van der Waals surface area contributed by atoms with Gasteiger partial charge in [0.2, 0.25) is 0 Å². The molecule has 1 N–H and O–H groups in total. The van der Waals surface area contributed by atoms with Gasteiger partial charge in [0.25, 0.3) is 0 Å². The first-order chi connectivity index (χ1) is 11.8. The number of hydrogen-bond donors (Lipinski definition) is 1. The van der Waals surface area contributed by atoms with E-state index < -0.39 is 19.3 Å². The number of carbonyl (C=O) groups excluding carboxylic acids is 2. The van der Waals surface area contributed by atoms with Crippen LogP contribution in [0.25, 0.3) is 0 Å². The van der Waals surface area contributed by atoms with Crippen molar-refractivity contribution in [3.63, 3.8) is 0 Å². The first kappa shape index (κ1) is 18.1. The van der Waals surface area contributed by atoms with Crippen LogP contribution in [0.3, 0.4) is 0 Å². The average molecular weight is 400 g/mol. The minimum absolute atomic E-state index is 0.0191. The molecular formula is C16H12Cl2NO5P. The number of carbonyl (C=O) groups is 2. The van der Waals surface area contributed by atoms with E-state index >= 15 is 0 Å². The van der Waals surface area contributed by atoms with E-state index in [1.807, 2.05) is 0 Å². The van der Waals surface area contributed by atoms with Gasteiger partial charge in [0, 0.05) is 19.8 Å². The lowest BCUT2D eigenvalue weighted by molar-refractivity contribution is 0.0980. The van der Waals surface area contributed by atoms with Crippen LogP contribution in [0.2, 0.25) is 10.0 Å². The van der Waals surface area contributed by atoms with Crippen LogP contribution in [0.1, 0.15) is 31.8 Å². The second kappa shape index (κ2) is 6.56. The summed E-state index contributed by atoms with van der Waals surface area (Å²) in [6.45, 7) is 0. The summed E-state index contributed by atoms with van der Waals surface area (Å²) in [5.41, 5.74) is 0.393. The zero-order chi connectivity index (χ0) is 18.4. The van der Waals surface area contributed by atoms with Crippen LogP contribution in [-0.2, 0) is 13.6 Å². The van der Waals surface area contributed by atoms with Gasteiger partial charge in [-0.2, -0.15) is 0 Å². The van der Waals surface area contributed by atoms with E-state index in [4.69, 9.17) is 32.2 Å². The van der Waals surface area contributed by atoms with Gasteiger partial charge in [-0.15, -0.1) is 0 Å². The summed E-state index contributed by atoms with van der Waals surface area (Å²) in [4.78, 5) is 25.8. The van der Waals surface area contributed by atoms with Gasteiger partial charge < -0.3 is 0 Å². The van der Waals surface area contributed by atoms with E-state index in [9.17, 15) is 14.2 Å². The first-order valence-electron chi connectivity index (χ1n) is 7.03. The minimum Gasteiger partial charge on any atom is -0.296 e. The molecule has 0 aliphatic heterocycles. The number of anilines is 1. The largest absolute Gasteiger partial charge is 0.432 e. The lowest BCUT2D eigenvalue weighted by Crippen LogP contribution is -2.23. The summed E-state index contributed by atoms with van der Waals surface area (Å²) in [7, 11) is -1.27. The van der Waals surface area contributed by atoms with Crippen molar-refractivity contribution in [3.05, 3.63) is 62.6 Å². The topological polar surface area (TPSA) is 81.7 Å². The number of fused-ring (bicyclic) bond motifs is 2. The molecule has 0 bridgehead atoms. The van der Waals surface area contributed by atoms with Gasteiger partial charge in [-0.25, -0.2) is 4.57 Å². The van der Waals surface area contributed by atoms with E-state index in [1.54, 1.807) is 6.07 Å². The molecule has 6 nitrogen and oxygen atoms in total. The third-order valence-electron chi connectivity index (χ3n) is 3.83. The smallest absolute Gasteiger partial charge is 0.296 e. The molecule has 25 heavy (non-hydrogen) atoms. The van der Waals surface area contributed by atoms with E-state index in [0.717, 1.165) is 0 Å². The molecule has 0 fully saturated rings. The zero-order valence-corrected chi connectivity index (χ0v) is 15.5. The molecule has 0 unspecified atom stereocenters. The molecule has 1 aliphatic rings. The van der Waals surface area contributed by atoms with Gasteiger partial charge in [-0.05, 0) is 18.2 Å². The second-order valence-electron chi connectivity index (χ2n) is 5.14. The number of benzene rings is 2. The van der Waals surface area contributed by atoms with Crippen molar-refractivity contribution in [2.75, 3.05) is 19.3 Å². The summed E-state index contributed by atoms with van der Waals surface area (Å²) in [5.74, 6) is -0.940. The van der Waals surface area contributed by atoms with Crippen LogP contribution in [0.5, 0.6) is 0 Å². The Balaban J connectivity index is 2.24. The number of ketones is 2. The maximum atomic E-state index is 13.0. The standard InChI is InChI=1S/C16H12Cl2NO5P/c1-23-25(22,24-2)19-11-5-3-4-8-12(11)16(21)14-10(18)7-6-9(17)13(14)15(8)20/h3-7H,1-2H3,(H,19,22). The Bertz CT molecular complexity index is 952. The highest BCUT2D eigenvalue weighted by Crippen LogP contribution is 2.48. The molecule has 0 atom stereocenters. The molecule has 9 heteroatoms. The van der Waals surface area contributed by atoms with Crippen LogP contribution in [0, 0.1) is 0 Å². The number of hydrogen-bond acceptors (Lipinski definition) is 5. The van der Waals surface area contributed by atoms with Crippen LogP contribution < -0.4 is 5.09 Å². The molecule has 0 saturated heterocycles. The van der Waals surface area contributed by atoms with E-state index in [0.29, 0.717) is 0 Å². The van der Waals surface area contributed by atoms with Crippen LogP contribution in [0.4, 0.5) is 5.69 Å². The van der Waals surface area contributed by atoms with Crippen LogP contribution in [0.15, 0.2) is 30.3 Å². The fraction of sp³-hybridized carbons (Fsp3) is 0.125. The summed E-state index contributed by atoms with van der Waals surface area (Å²) >= 11 is 12.2. The Morgan fingerprint density at radius 2 is 1.44 bits per heavy atom. The van der Waals surface area contributed by atoms with E-state index in [1.165, 1.54) is 38.5 Å². The summed E-state index contributed by atoms with van der Waals surface area (Å²) < 4.78 is 22.0. The highest BCUT2D eigenvalue weighted by Gasteiger charge is 2.36. The number of rotatable bonds is 4. The molecule has 0 amide bonds. The van der Waals surface area contributed by atoms with Gasteiger partial charge in [0.15, 0.2) is 11.6 Å². The van der Waals surface area contributed by atoms with Crippen molar-refractivity contribution in [1.82, 2.24) is 0 Å². The molecule has 130 valence electrons. The Labute approximate surface area is 153 Å². The number of nitrogens with one attached hydrogen (secondary N) is 1. The van der Waals surface area contributed by atoms with Crippen molar-refractivity contribution in [1.29, 1.82) is 0 Å². The van der Waals surface area contributed by atoms with Crippen molar-refractivity contribution in [3.8, 4) is 0 Å². The monoisotopic (exact) mass is 399 g/mol. The molecule has 0 heterocycles. The van der Waals surface area contributed by atoms with Crippen molar-refractivity contribution < 1.29 is 23.2 Å². The van der Waals surface area contributed by atoms with Crippen molar-refractivity contribution >= 4 is 48.2 Å². The highest BCUT2D eigenvalue weighted by atomic mass is 35.5. The molecule has 1 aliphatic carbocycles. The van der Waals surface area contributed by atoms with Gasteiger partial charge >= 0.3 is 7.75 Å². The zero-order valence-electron chi connectivity index (χ0n) is 13.1. The summed E-state index contributed by atoms with van der Waals surface area (Å²) in [6.07, 6.45) is 0. The Hall–Kier alpha value is -1.69. The van der Waals surface area contributed by atoms with Gasteiger partial charge in [0.05, 0.1) is 32.4 Å². The molecule has 2 aromatic carbocycles.